The lowest BCUT2D eigenvalue weighted by molar-refractivity contribution is 0.185. The minimum Gasteiger partial charge on any atom is -0.310 e. The zero-order chi connectivity index (χ0) is 13.0. The summed E-state index contributed by atoms with van der Waals surface area (Å²) in [6.45, 7) is 7.28. The largest absolute Gasteiger partial charge is 0.310 e. The monoisotopic (exact) mass is 252 g/mol. The van der Waals surface area contributed by atoms with Crippen molar-refractivity contribution in [1.82, 2.24) is 10.2 Å². The average molecular weight is 252 g/mol. The average Bonchev–Trinajstić information content (AvgIpc) is 2.28. The fourth-order valence-electron chi connectivity index (χ4n) is 3.96. The van der Waals surface area contributed by atoms with E-state index in [1.807, 2.05) is 0 Å². The van der Waals surface area contributed by atoms with Crippen LogP contribution < -0.4 is 5.32 Å². The Morgan fingerprint density at radius 3 is 2.61 bits per heavy atom. The summed E-state index contributed by atoms with van der Waals surface area (Å²) >= 11 is 0. The van der Waals surface area contributed by atoms with Crippen molar-refractivity contribution in [2.24, 2.45) is 11.8 Å². The zero-order valence-electron chi connectivity index (χ0n) is 12.6. The first-order valence-electron chi connectivity index (χ1n) is 8.08. The van der Waals surface area contributed by atoms with Crippen molar-refractivity contribution in [3.05, 3.63) is 0 Å². The molecule has 0 aromatic carbocycles. The maximum absolute atomic E-state index is 3.95. The van der Waals surface area contributed by atoms with Crippen LogP contribution in [0.15, 0.2) is 0 Å². The molecular formula is C16H32N2. The number of hydrogen-bond acceptors (Lipinski definition) is 2. The number of hydrogen-bond donors (Lipinski definition) is 1. The normalized spacial score (nSPS) is 35.0. The van der Waals surface area contributed by atoms with Crippen molar-refractivity contribution in [2.75, 3.05) is 20.1 Å². The zero-order valence-corrected chi connectivity index (χ0v) is 12.6. The number of likely N-dealkylation sites (N-methyl/N-ethyl adjacent to an activating group) is 1. The molecule has 1 saturated heterocycles. The van der Waals surface area contributed by atoms with E-state index in [1.165, 1.54) is 58.0 Å². The molecule has 1 saturated carbocycles. The predicted molar refractivity (Wildman–Crippen MR) is 78.9 cm³/mol. The highest BCUT2D eigenvalue weighted by Crippen LogP contribution is 2.29. The molecule has 0 aromatic heterocycles. The maximum Gasteiger partial charge on any atom is 0.0197 e. The maximum atomic E-state index is 3.95. The molecule has 1 heterocycles. The van der Waals surface area contributed by atoms with Gasteiger partial charge >= 0.3 is 0 Å². The second kappa shape index (κ2) is 6.91. The molecule has 2 fully saturated rings. The lowest BCUT2D eigenvalue weighted by Gasteiger charge is -2.37. The molecule has 0 radical (unpaired) electrons. The third kappa shape index (κ3) is 4.55. The molecular weight excluding hydrogens is 220 g/mol. The lowest BCUT2D eigenvalue weighted by Crippen LogP contribution is -2.49. The second-order valence-corrected chi connectivity index (χ2v) is 7.13. The highest BCUT2D eigenvalue weighted by molar-refractivity contribution is 4.84. The van der Waals surface area contributed by atoms with Crippen LogP contribution in [0.4, 0.5) is 0 Å². The third-order valence-electron chi connectivity index (χ3n) is 4.68. The van der Waals surface area contributed by atoms with E-state index in [9.17, 15) is 0 Å². The van der Waals surface area contributed by atoms with E-state index in [1.54, 1.807) is 0 Å². The highest BCUT2D eigenvalue weighted by atomic mass is 15.1. The van der Waals surface area contributed by atoms with Gasteiger partial charge in [-0.1, -0.05) is 26.7 Å². The Morgan fingerprint density at radius 1 is 1.11 bits per heavy atom. The van der Waals surface area contributed by atoms with Crippen molar-refractivity contribution in [3.63, 3.8) is 0 Å². The Morgan fingerprint density at radius 2 is 1.89 bits per heavy atom. The Kier molecular flexibility index (Phi) is 5.50. The Bertz CT molecular complexity index is 239. The number of rotatable bonds is 4. The van der Waals surface area contributed by atoms with Gasteiger partial charge in [0.2, 0.25) is 0 Å². The molecule has 18 heavy (non-hydrogen) atoms. The van der Waals surface area contributed by atoms with Crippen molar-refractivity contribution < 1.29 is 0 Å². The predicted octanol–water partition coefficient (Wildman–Crippen LogP) is 3.28. The molecule has 2 aliphatic rings. The summed E-state index contributed by atoms with van der Waals surface area (Å²) in [5.41, 5.74) is 0. The summed E-state index contributed by atoms with van der Waals surface area (Å²) in [7, 11) is 2.26. The minimum atomic E-state index is 0.756. The molecule has 0 spiro atoms. The van der Waals surface area contributed by atoms with Crippen LogP contribution in [-0.4, -0.2) is 37.1 Å². The summed E-state index contributed by atoms with van der Waals surface area (Å²) < 4.78 is 0. The van der Waals surface area contributed by atoms with Crippen LogP contribution in [0.3, 0.4) is 0 Å². The molecule has 0 bridgehead atoms. The van der Waals surface area contributed by atoms with Gasteiger partial charge in [-0.3, -0.25) is 0 Å². The molecule has 0 amide bonds. The van der Waals surface area contributed by atoms with E-state index in [2.05, 4.69) is 31.1 Å². The number of likely N-dealkylation sites (tertiary alicyclic amines) is 1. The van der Waals surface area contributed by atoms with Crippen molar-refractivity contribution in [2.45, 2.75) is 70.9 Å². The van der Waals surface area contributed by atoms with Gasteiger partial charge in [-0.25, -0.2) is 0 Å². The van der Waals surface area contributed by atoms with Crippen LogP contribution in [0.25, 0.3) is 0 Å². The Balaban J connectivity index is 1.74. The summed E-state index contributed by atoms with van der Waals surface area (Å²) in [6.07, 6.45) is 9.94. The molecule has 3 unspecified atom stereocenters. The summed E-state index contributed by atoms with van der Waals surface area (Å²) in [6, 6.07) is 1.56. The Labute approximate surface area is 114 Å². The van der Waals surface area contributed by atoms with Gasteiger partial charge in [-0.15, -0.1) is 0 Å². The van der Waals surface area contributed by atoms with Crippen molar-refractivity contribution >= 4 is 0 Å². The molecule has 1 N–H and O–H groups in total. The number of piperidine rings is 1. The first kappa shape index (κ1) is 14.3. The van der Waals surface area contributed by atoms with Gasteiger partial charge < -0.3 is 10.2 Å². The summed E-state index contributed by atoms with van der Waals surface area (Å²) in [5.74, 6) is 1.85. The topological polar surface area (TPSA) is 15.3 Å². The van der Waals surface area contributed by atoms with Crippen LogP contribution >= 0.6 is 0 Å². The molecule has 2 nitrogen and oxygen atoms in total. The van der Waals surface area contributed by atoms with Crippen molar-refractivity contribution in [1.29, 1.82) is 0 Å². The fourth-order valence-corrected chi connectivity index (χ4v) is 3.96. The van der Waals surface area contributed by atoms with E-state index < -0.39 is 0 Å². The standard InChI is InChI=1S/C16H32N2/c1-13(2)10-14-6-4-7-15(11-14)17-16-8-5-9-18(3)12-16/h13-17H,4-12H2,1-3H3. The summed E-state index contributed by atoms with van der Waals surface area (Å²) in [4.78, 5) is 2.48. The molecule has 2 heteroatoms. The molecule has 3 atom stereocenters. The van der Waals surface area contributed by atoms with Gasteiger partial charge in [0.05, 0.1) is 0 Å². The highest BCUT2D eigenvalue weighted by Gasteiger charge is 2.25. The minimum absolute atomic E-state index is 0.756. The van der Waals surface area contributed by atoms with Crippen LogP contribution in [0.1, 0.15) is 58.8 Å². The van der Waals surface area contributed by atoms with Gasteiger partial charge in [0, 0.05) is 18.6 Å². The third-order valence-corrected chi connectivity index (χ3v) is 4.68. The van der Waals surface area contributed by atoms with Crippen LogP contribution in [0.5, 0.6) is 0 Å². The smallest absolute Gasteiger partial charge is 0.0197 e. The quantitative estimate of drug-likeness (QED) is 0.826. The van der Waals surface area contributed by atoms with Gasteiger partial charge in [-0.2, -0.15) is 0 Å². The van der Waals surface area contributed by atoms with Crippen LogP contribution in [0, 0.1) is 11.8 Å². The molecule has 0 aromatic rings. The SMILES string of the molecule is CC(C)CC1CCCC(NC2CCCN(C)C2)C1. The van der Waals surface area contributed by atoms with E-state index in [0.717, 1.165) is 23.9 Å². The van der Waals surface area contributed by atoms with Gasteiger partial charge in [0.15, 0.2) is 0 Å². The lowest BCUT2D eigenvalue weighted by atomic mass is 9.81. The van der Waals surface area contributed by atoms with E-state index in [-0.39, 0.29) is 0 Å². The molecule has 2 rings (SSSR count). The Hall–Kier alpha value is -0.0800. The molecule has 106 valence electrons. The molecule has 1 aliphatic heterocycles. The summed E-state index contributed by atoms with van der Waals surface area (Å²) in [5, 5.41) is 3.95. The second-order valence-electron chi connectivity index (χ2n) is 7.13. The van der Waals surface area contributed by atoms with E-state index in [0.29, 0.717) is 0 Å². The fraction of sp³-hybridized carbons (Fsp3) is 1.00. The first-order valence-corrected chi connectivity index (χ1v) is 8.08. The number of nitrogens with zero attached hydrogens (tertiary/aromatic N) is 1. The number of nitrogens with one attached hydrogen (secondary N) is 1. The van der Waals surface area contributed by atoms with E-state index in [4.69, 9.17) is 0 Å². The van der Waals surface area contributed by atoms with Gasteiger partial charge in [0.25, 0.3) is 0 Å². The van der Waals surface area contributed by atoms with Crippen molar-refractivity contribution in [3.8, 4) is 0 Å². The van der Waals surface area contributed by atoms with Crippen LogP contribution in [-0.2, 0) is 0 Å². The van der Waals surface area contributed by atoms with Gasteiger partial charge in [0.1, 0.15) is 0 Å². The molecule has 1 aliphatic carbocycles. The van der Waals surface area contributed by atoms with E-state index >= 15 is 0 Å². The first-order chi connectivity index (χ1) is 8.63. The van der Waals surface area contributed by atoms with Gasteiger partial charge in [-0.05, 0) is 57.5 Å². The van der Waals surface area contributed by atoms with Crippen LogP contribution in [0.2, 0.25) is 0 Å².